The van der Waals surface area contributed by atoms with Gasteiger partial charge in [-0.3, -0.25) is 13.9 Å². The molecule has 3 rings (SSSR count). The molecule has 0 heterocycles. The van der Waals surface area contributed by atoms with E-state index in [-0.39, 0.29) is 24.9 Å². The van der Waals surface area contributed by atoms with E-state index < -0.39 is 28.5 Å². The van der Waals surface area contributed by atoms with Gasteiger partial charge in [-0.1, -0.05) is 84.7 Å². The van der Waals surface area contributed by atoms with Crippen LogP contribution in [-0.2, 0) is 32.6 Å². The van der Waals surface area contributed by atoms with Crippen molar-refractivity contribution in [2.24, 2.45) is 0 Å². The Morgan fingerprint density at radius 3 is 2.08 bits per heavy atom. The van der Waals surface area contributed by atoms with E-state index >= 15 is 0 Å². The number of halogens is 2. The molecule has 2 amide bonds. The Morgan fingerprint density at radius 1 is 0.897 bits per heavy atom. The van der Waals surface area contributed by atoms with Crippen molar-refractivity contribution in [1.29, 1.82) is 0 Å². The summed E-state index contributed by atoms with van der Waals surface area (Å²) in [6.07, 6.45) is 1.99. The van der Waals surface area contributed by atoms with Gasteiger partial charge in [-0.2, -0.15) is 0 Å². The highest BCUT2D eigenvalue weighted by atomic mass is 35.5. The number of hydrogen-bond donors (Lipinski definition) is 1. The number of anilines is 1. The van der Waals surface area contributed by atoms with Gasteiger partial charge in [-0.05, 0) is 48.7 Å². The lowest BCUT2D eigenvalue weighted by Gasteiger charge is -2.34. The van der Waals surface area contributed by atoms with Crippen LogP contribution in [0.2, 0.25) is 10.0 Å². The Morgan fingerprint density at radius 2 is 1.51 bits per heavy atom. The van der Waals surface area contributed by atoms with Crippen molar-refractivity contribution in [1.82, 2.24) is 10.2 Å². The molecule has 2 atom stereocenters. The lowest BCUT2D eigenvalue weighted by atomic mass is 10.0. The number of nitrogens with one attached hydrogen (secondary N) is 1. The smallest absolute Gasteiger partial charge is 0.244 e. The number of hydrogen-bond acceptors (Lipinski definition) is 4. The molecule has 3 aromatic rings. The molecule has 0 saturated heterocycles. The molecule has 0 aliphatic heterocycles. The molecule has 0 radical (unpaired) electrons. The average molecular weight is 591 g/mol. The minimum atomic E-state index is -3.81. The molecule has 0 aliphatic carbocycles. The van der Waals surface area contributed by atoms with Crippen LogP contribution in [0.3, 0.4) is 0 Å². The van der Waals surface area contributed by atoms with Crippen LogP contribution < -0.4 is 9.62 Å². The standard InChI is InChI=1S/C29H33Cl2N3O4S/c1-4-21(2)32-29(36)27(18-22-11-7-5-8-12-22)33(19-23-15-16-25(30)26(31)17-23)28(35)20-34(39(3,37)38)24-13-9-6-10-14-24/h5-17,21,27H,4,18-20H2,1-3H3,(H,32,36)/t21-,27+/m0/s1. The van der Waals surface area contributed by atoms with Crippen LogP contribution in [0.1, 0.15) is 31.4 Å². The summed E-state index contributed by atoms with van der Waals surface area (Å²) in [6, 6.07) is 21.7. The minimum Gasteiger partial charge on any atom is -0.352 e. The molecule has 0 bridgehead atoms. The molecule has 7 nitrogen and oxygen atoms in total. The Balaban J connectivity index is 2.06. The number of amides is 2. The van der Waals surface area contributed by atoms with Gasteiger partial charge in [-0.15, -0.1) is 0 Å². The van der Waals surface area contributed by atoms with Gasteiger partial charge in [0.2, 0.25) is 21.8 Å². The summed E-state index contributed by atoms with van der Waals surface area (Å²) < 4.78 is 26.6. The molecule has 10 heteroatoms. The maximum atomic E-state index is 14.0. The summed E-state index contributed by atoms with van der Waals surface area (Å²) in [6.45, 7) is 3.39. The molecule has 0 fully saturated rings. The summed E-state index contributed by atoms with van der Waals surface area (Å²) in [5.74, 6) is -0.859. The predicted molar refractivity (Wildman–Crippen MR) is 157 cm³/mol. The molecule has 0 aromatic heterocycles. The van der Waals surface area contributed by atoms with Gasteiger partial charge >= 0.3 is 0 Å². The molecule has 0 unspecified atom stereocenters. The normalized spacial score (nSPS) is 12.8. The third kappa shape index (κ3) is 8.71. The van der Waals surface area contributed by atoms with Gasteiger partial charge in [0.1, 0.15) is 12.6 Å². The summed E-state index contributed by atoms with van der Waals surface area (Å²) in [5.41, 5.74) is 1.86. The number of carbonyl (C=O) groups excluding carboxylic acids is 2. The van der Waals surface area contributed by atoms with Crippen LogP contribution in [0.15, 0.2) is 78.9 Å². The van der Waals surface area contributed by atoms with Crippen LogP contribution in [0.25, 0.3) is 0 Å². The van der Waals surface area contributed by atoms with E-state index in [1.54, 1.807) is 48.5 Å². The topological polar surface area (TPSA) is 86.8 Å². The van der Waals surface area contributed by atoms with Gasteiger partial charge in [-0.25, -0.2) is 8.42 Å². The van der Waals surface area contributed by atoms with Gasteiger partial charge in [0.05, 0.1) is 22.0 Å². The second-order valence-electron chi connectivity index (χ2n) is 9.40. The van der Waals surface area contributed by atoms with Crippen LogP contribution >= 0.6 is 23.2 Å². The number of carbonyl (C=O) groups is 2. The highest BCUT2D eigenvalue weighted by molar-refractivity contribution is 7.92. The Hall–Kier alpha value is -3.07. The Kier molecular flexibility index (Phi) is 10.8. The Labute approximate surface area is 240 Å². The number of para-hydroxylation sites is 1. The van der Waals surface area contributed by atoms with Crippen molar-refractivity contribution in [3.63, 3.8) is 0 Å². The lowest BCUT2D eigenvalue weighted by Crippen LogP contribution is -2.54. The highest BCUT2D eigenvalue weighted by Gasteiger charge is 2.33. The fourth-order valence-electron chi connectivity index (χ4n) is 4.04. The van der Waals surface area contributed by atoms with E-state index in [2.05, 4.69) is 5.32 Å². The fourth-order valence-corrected chi connectivity index (χ4v) is 5.21. The number of benzene rings is 3. The van der Waals surface area contributed by atoms with E-state index in [1.165, 1.54) is 4.90 Å². The highest BCUT2D eigenvalue weighted by Crippen LogP contribution is 2.25. The third-order valence-corrected chi connectivity index (χ3v) is 8.21. The van der Waals surface area contributed by atoms with Crippen LogP contribution in [-0.4, -0.2) is 50.0 Å². The number of nitrogens with zero attached hydrogens (tertiary/aromatic N) is 2. The number of rotatable bonds is 12. The summed E-state index contributed by atoms with van der Waals surface area (Å²) in [5, 5.41) is 3.67. The van der Waals surface area contributed by atoms with Crippen molar-refractivity contribution in [2.75, 3.05) is 17.1 Å². The minimum absolute atomic E-state index is 0.0214. The summed E-state index contributed by atoms with van der Waals surface area (Å²) in [4.78, 5) is 29.1. The van der Waals surface area contributed by atoms with Gasteiger partial charge < -0.3 is 10.2 Å². The molecule has 208 valence electrons. The molecular weight excluding hydrogens is 557 g/mol. The first-order valence-electron chi connectivity index (χ1n) is 12.6. The molecule has 39 heavy (non-hydrogen) atoms. The zero-order valence-corrected chi connectivity index (χ0v) is 24.5. The first-order chi connectivity index (χ1) is 18.5. The average Bonchev–Trinajstić information content (AvgIpc) is 2.91. The van der Waals surface area contributed by atoms with Crippen molar-refractivity contribution in [3.8, 4) is 0 Å². The first kappa shape index (κ1) is 30.5. The molecular formula is C29H33Cl2N3O4S. The maximum Gasteiger partial charge on any atom is 0.244 e. The fraction of sp³-hybridized carbons (Fsp3) is 0.310. The molecule has 0 spiro atoms. The van der Waals surface area contributed by atoms with E-state index in [0.29, 0.717) is 27.7 Å². The van der Waals surface area contributed by atoms with Crippen molar-refractivity contribution in [3.05, 3.63) is 100 Å². The monoisotopic (exact) mass is 589 g/mol. The van der Waals surface area contributed by atoms with E-state index in [0.717, 1.165) is 16.1 Å². The van der Waals surface area contributed by atoms with Crippen LogP contribution in [0.5, 0.6) is 0 Å². The molecule has 3 aromatic carbocycles. The molecule has 0 saturated carbocycles. The SMILES string of the molecule is CC[C@H](C)NC(=O)[C@@H](Cc1ccccc1)N(Cc1ccc(Cl)c(Cl)c1)C(=O)CN(c1ccccc1)S(C)(=O)=O. The van der Waals surface area contributed by atoms with Crippen molar-refractivity contribution in [2.45, 2.75) is 45.3 Å². The quantitative estimate of drug-likeness (QED) is 0.310. The summed E-state index contributed by atoms with van der Waals surface area (Å²) in [7, 11) is -3.81. The van der Waals surface area contributed by atoms with E-state index in [4.69, 9.17) is 23.2 Å². The zero-order chi connectivity index (χ0) is 28.6. The van der Waals surface area contributed by atoms with E-state index in [9.17, 15) is 18.0 Å². The Bertz CT molecular complexity index is 1370. The second kappa shape index (κ2) is 13.8. The molecule has 1 N–H and O–H groups in total. The summed E-state index contributed by atoms with van der Waals surface area (Å²) >= 11 is 12.4. The van der Waals surface area contributed by atoms with Crippen LogP contribution in [0, 0.1) is 0 Å². The second-order valence-corrected chi connectivity index (χ2v) is 12.1. The van der Waals surface area contributed by atoms with Crippen molar-refractivity contribution < 1.29 is 18.0 Å². The van der Waals surface area contributed by atoms with E-state index in [1.807, 2.05) is 44.2 Å². The number of sulfonamides is 1. The van der Waals surface area contributed by atoms with Gasteiger partial charge in [0.25, 0.3) is 0 Å². The third-order valence-electron chi connectivity index (χ3n) is 6.33. The van der Waals surface area contributed by atoms with Gasteiger partial charge in [0.15, 0.2) is 0 Å². The maximum absolute atomic E-state index is 14.0. The zero-order valence-electron chi connectivity index (χ0n) is 22.2. The predicted octanol–water partition coefficient (Wildman–Crippen LogP) is 5.31. The van der Waals surface area contributed by atoms with Gasteiger partial charge in [0, 0.05) is 19.0 Å². The lowest BCUT2D eigenvalue weighted by molar-refractivity contribution is -0.140. The van der Waals surface area contributed by atoms with Crippen LogP contribution in [0.4, 0.5) is 5.69 Å². The van der Waals surface area contributed by atoms with Crippen molar-refractivity contribution >= 4 is 50.7 Å². The largest absolute Gasteiger partial charge is 0.352 e. The molecule has 0 aliphatic rings. The first-order valence-corrected chi connectivity index (χ1v) is 15.2.